The molecule has 3 heterocycles. The summed E-state index contributed by atoms with van der Waals surface area (Å²) < 4.78 is 33.8. The Balaban J connectivity index is 0.000000423. The molecule has 1 fully saturated rings. The molecule has 0 amide bonds. The van der Waals surface area contributed by atoms with Crippen molar-refractivity contribution in [3.63, 3.8) is 0 Å². The van der Waals surface area contributed by atoms with Crippen molar-refractivity contribution in [1.82, 2.24) is 29.9 Å². The van der Waals surface area contributed by atoms with E-state index >= 15 is 0 Å². The Morgan fingerprint density at radius 1 is 1.19 bits per heavy atom. The van der Waals surface area contributed by atoms with Gasteiger partial charge >= 0.3 is 12.1 Å². The number of likely N-dealkylation sites (tertiary alicyclic amines) is 1. The monoisotopic (exact) mass is 460 g/mol. The maximum atomic E-state index is 10.6. The molecule has 0 aliphatic carbocycles. The van der Waals surface area contributed by atoms with Crippen LogP contribution in [0.15, 0.2) is 23.7 Å². The Morgan fingerprint density at radius 2 is 1.74 bits per heavy atom. The summed E-state index contributed by atoms with van der Waals surface area (Å²) in [6.07, 6.45) is 5.13. The van der Waals surface area contributed by atoms with Crippen molar-refractivity contribution < 1.29 is 23.1 Å². The maximum Gasteiger partial charge on any atom is 0.490 e. The number of carboxylic acid groups (broad SMARTS) is 1. The van der Waals surface area contributed by atoms with Gasteiger partial charge in [0.1, 0.15) is 0 Å². The quantitative estimate of drug-likeness (QED) is 0.547. The number of nitrogens with zero attached hydrogens (tertiary/aromatic N) is 6. The first kappa shape index (κ1) is 25.1. The van der Waals surface area contributed by atoms with Gasteiger partial charge in [0.05, 0.1) is 11.7 Å². The lowest BCUT2D eigenvalue weighted by molar-refractivity contribution is -0.192. The summed E-state index contributed by atoms with van der Waals surface area (Å²) in [5.74, 6) is -2.76. The molecule has 0 bridgehead atoms. The number of aromatic nitrogens is 5. The number of thioether (sulfide) groups is 1. The predicted molar refractivity (Wildman–Crippen MR) is 110 cm³/mol. The number of carboxylic acids is 1. The second-order valence-electron chi connectivity index (χ2n) is 8.22. The zero-order chi connectivity index (χ0) is 23.2. The minimum Gasteiger partial charge on any atom is -0.475 e. The van der Waals surface area contributed by atoms with Crippen molar-refractivity contribution in [3.8, 4) is 0 Å². The second-order valence-corrected chi connectivity index (χ2v) is 9.00. The summed E-state index contributed by atoms with van der Waals surface area (Å²) in [6, 6.07) is 0.458. The van der Waals surface area contributed by atoms with E-state index in [1.165, 1.54) is 5.56 Å². The summed E-state index contributed by atoms with van der Waals surface area (Å²) in [5, 5.41) is 16.7. The Kier molecular flexibility index (Phi) is 8.41. The van der Waals surface area contributed by atoms with Crippen LogP contribution in [0, 0.1) is 0 Å². The molecule has 12 heteroatoms. The predicted octanol–water partition coefficient (Wildman–Crippen LogP) is 3.56. The van der Waals surface area contributed by atoms with E-state index in [0.717, 1.165) is 43.3 Å². The van der Waals surface area contributed by atoms with Crippen molar-refractivity contribution in [2.24, 2.45) is 0 Å². The van der Waals surface area contributed by atoms with Crippen LogP contribution in [-0.4, -0.2) is 66.5 Å². The van der Waals surface area contributed by atoms with E-state index in [9.17, 15) is 13.2 Å². The number of hydrogen-bond acceptors (Lipinski definition) is 7. The molecule has 0 saturated carbocycles. The standard InChI is InChI=1S/C17H26N6S.C2HF3O2/c1-17(2,3)15-12-23(21-20-15)14-5-7-22(8-6-14)11-13-9-18-16(24-4)19-10-13;3-2(4,5)1(6)7/h9-10,12,14H,5-8,11H2,1-4H3;(H,6,7). The second kappa shape index (κ2) is 10.4. The molecule has 8 nitrogen and oxygen atoms in total. The van der Waals surface area contributed by atoms with Crippen molar-refractivity contribution in [2.75, 3.05) is 19.3 Å². The van der Waals surface area contributed by atoms with Crippen LogP contribution in [0.3, 0.4) is 0 Å². The number of hydrogen-bond donors (Lipinski definition) is 1. The van der Waals surface area contributed by atoms with Crippen LogP contribution in [0.1, 0.15) is 50.9 Å². The fraction of sp³-hybridized carbons (Fsp3) is 0.632. The molecule has 1 N–H and O–H groups in total. The van der Waals surface area contributed by atoms with Gasteiger partial charge in [0.25, 0.3) is 0 Å². The molecule has 0 unspecified atom stereocenters. The van der Waals surface area contributed by atoms with Crippen LogP contribution >= 0.6 is 11.8 Å². The molecule has 2 aromatic rings. The molecular weight excluding hydrogens is 433 g/mol. The first-order valence-corrected chi connectivity index (χ1v) is 10.9. The molecule has 3 rings (SSSR count). The normalized spacial score (nSPS) is 16.0. The molecular formula is C19H27F3N6O2S. The minimum absolute atomic E-state index is 0.0574. The van der Waals surface area contributed by atoms with E-state index < -0.39 is 12.1 Å². The highest BCUT2D eigenvalue weighted by molar-refractivity contribution is 7.98. The third-order valence-corrected chi connectivity index (χ3v) is 5.30. The van der Waals surface area contributed by atoms with Gasteiger partial charge in [-0.3, -0.25) is 4.90 Å². The molecule has 0 atom stereocenters. The topological polar surface area (TPSA) is 97.0 Å². The van der Waals surface area contributed by atoms with Gasteiger partial charge in [-0.15, -0.1) is 5.10 Å². The zero-order valence-corrected chi connectivity index (χ0v) is 18.7. The largest absolute Gasteiger partial charge is 0.490 e. The van der Waals surface area contributed by atoms with Gasteiger partial charge in [0, 0.05) is 49.2 Å². The Morgan fingerprint density at radius 3 is 2.16 bits per heavy atom. The summed E-state index contributed by atoms with van der Waals surface area (Å²) in [6.45, 7) is 9.59. The number of aliphatic carboxylic acids is 1. The van der Waals surface area contributed by atoms with E-state index in [2.05, 4.69) is 56.8 Å². The smallest absolute Gasteiger partial charge is 0.475 e. The van der Waals surface area contributed by atoms with E-state index in [0.29, 0.717) is 6.04 Å². The highest BCUT2D eigenvalue weighted by Crippen LogP contribution is 2.25. The number of halogens is 3. The molecule has 0 spiro atoms. The zero-order valence-electron chi connectivity index (χ0n) is 17.9. The highest BCUT2D eigenvalue weighted by Gasteiger charge is 2.38. The van der Waals surface area contributed by atoms with Crippen molar-refractivity contribution >= 4 is 17.7 Å². The van der Waals surface area contributed by atoms with Crippen LogP contribution in [0.5, 0.6) is 0 Å². The number of alkyl halides is 3. The van der Waals surface area contributed by atoms with Crippen LogP contribution < -0.4 is 0 Å². The first-order chi connectivity index (χ1) is 14.4. The SMILES string of the molecule is CSc1ncc(CN2CCC(n3cc(C(C)(C)C)nn3)CC2)cn1.O=C(O)C(F)(F)F. The van der Waals surface area contributed by atoms with Gasteiger partial charge in [-0.2, -0.15) is 13.2 Å². The van der Waals surface area contributed by atoms with Crippen LogP contribution in [0.25, 0.3) is 0 Å². The minimum atomic E-state index is -5.08. The third-order valence-electron chi connectivity index (χ3n) is 4.72. The average Bonchev–Trinajstić information content (AvgIpc) is 3.20. The van der Waals surface area contributed by atoms with E-state index in [1.807, 2.05) is 18.6 Å². The molecule has 1 saturated heterocycles. The van der Waals surface area contributed by atoms with E-state index in [4.69, 9.17) is 9.90 Å². The van der Waals surface area contributed by atoms with Gasteiger partial charge in [0.15, 0.2) is 5.16 Å². The molecule has 1 aliphatic rings. The summed E-state index contributed by atoms with van der Waals surface area (Å²) in [7, 11) is 0. The molecule has 31 heavy (non-hydrogen) atoms. The van der Waals surface area contributed by atoms with E-state index in [1.54, 1.807) is 11.8 Å². The first-order valence-electron chi connectivity index (χ1n) is 9.70. The van der Waals surface area contributed by atoms with Crippen LogP contribution in [0.4, 0.5) is 13.2 Å². The fourth-order valence-electron chi connectivity index (χ4n) is 2.93. The lowest BCUT2D eigenvalue weighted by Gasteiger charge is -2.31. The van der Waals surface area contributed by atoms with Gasteiger partial charge < -0.3 is 5.11 Å². The number of piperidine rings is 1. The van der Waals surface area contributed by atoms with Gasteiger partial charge in [0.2, 0.25) is 0 Å². The summed E-state index contributed by atoms with van der Waals surface area (Å²) in [4.78, 5) is 20.1. The Labute approximate surface area is 183 Å². The van der Waals surface area contributed by atoms with Crippen LogP contribution in [-0.2, 0) is 16.8 Å². The number of carbonyl (C=O) groups is 1. The summed E-state index contributed by atoms with van der Waals surface area (Å²) in [5.41, 5.74) is 2.31. The highest BCUT2D eigenvalue weighted by atomic mass is 32.2. The van der Waals surface area contributed by atoms with Gasteiger partial charge in [-0.1, -0.05) is 37.7 Å². The van der Waals surface area contributed by atoms with Gasteiger partial charge in [-0.25, -0.2) is 19.4 Å². The molecule has 2 aromatic heterocycles. The molecule has 0 aromatic carbocycles. The molecule has 0 radical (unpaired) electrons. The Bertz CT molecular complexity index is 844. The summed E-state index contributed by atoms with van der Waals surface area (Å²) >= 11 is 1.57. The maximum absolute atomic E-state index is 10.6. The average molecular weight is 461 g/mol. The number of rotatable bonds is 4. The van der Waals surface area contributed by atoms with Crippen LogP contribution in [0.2, 0.25) is 0 Å². The Hall–Kier alpha value is -2.21. The fourth-order valence-corrected chi connectivity index (χ4v) is 3.25. The lowest BCUT2D eigenvalue weighted by Crippen LogP contribution is -2.34. The lowest BCUT2D eigenvalue weighted by atomic mass is 9.93. The molecule has 172 valence electrons. The van der Waals surface area contributed by atoms with Crippen molar-refractivity contribution in [1.29, 1.82) is 0 Å². The third kappa shape index (κ3) is 7.76. The van der Waals surface area contributed by atoms with Crippen molar-refractivity contribution in [2.45, 2.75) is 62.9 Å². The van der Waals surface area contributed by atoms with E-state index in [-0.39, 0.29) is 5.41 Å². The van der Waals surface area contributed by atoms with Gasteiger partial charge in [-0.05, 0) is 19.1 Å². The molecule has 1 aliphatic heterocycles. The van der Waals surface area contributed by atoms with Crippen molar-refractivity contribution in [3.05, 3.63) is 29.8 Å².